The zero-order valence-corrected chi connectivity index (χ0v) is 14.1. The van der Waals surface area contributed by atoms with Gasteiger partial charge in [0.1, 0.15) is 5.75 Å². The Bertz CT molecular complexity index is 708. The van der Waals surface area contributed by atoms with Crippen LogP contribution in [0.15, 0.2) is 42.5 Å². The second kappa shape index (κ2) is 7.58. The van der Waals surface area contributed by atoms with Gasteiger partial charge >= 0.3 is 0 Å². The monoisotopic (exact) mass is 313 g/mol. The summed E-state index contributed by atoms with van der Waals surface area (Å²) in [5.41, 5.74) is 9.78. The van der Waals surface area contributed by atoms with E-state index in [1.165, 1.54) is 0 Å². The molecule has 0 aliphatic rings. The molecule has 0 unspecified atom stereocenters. The minimum atomic E-state index is 0.584. The number of benzene rings is 2. The smallest absolute Gasteiger partial charge is 0.161 e. The number of anilines is 1. The van der Waals surface area contributed by atoms with Crippen molar-refractivity contribution < 1.29 is 14.2 Å². The van der Waals surface area contributed by atoms with E-state index >= 15 is 0 Å². The predicted molar refractivity (Wildman–Crippen MR) is 94.3 cm³/mol. The summed E-state index contributed by atoms with van der Waals surface area (Å²) in [5.74, 6) is 2.13. The molecule has 2 N–H and O–H groups in total. The van der Waals surface area contributed by atoms with Crippen LogP contribution in [0, 0.1) is 0 Å². The van der Waals surface area contributed by atoms with E-state index in [0.717, 1.165) is 28.2 Å². The van der Waals surface area contributed by atoms with E-state index in [1.807, 2.05) is 50.2 Å². The van der Waals surface area contributed by atoms with Crippen molar-refractivity contribution >= 4 is 11.3 Å². The fourth-order valence-corrected chi connectivity index (χ4v) is 2.51. The SMILES string of the molecule is C/C=C(/c1ccc(OC)c(N)c1)c1ccc(OC)c(OCC)c1. The second-order valence-electron chi connectivity index (χ2n) is 4.96. The molecule has 0 atom stereocenters. The largest absolute Gasteiger partial charge is 0.495 e. The van der Waals surface area contributed by atoms with Gasteiger partial charge in [0.2, 0.25) is 0 Å². The molecule has 2 rings (SSSR count). The van der Waals surface area contributed by atoms with E-state index in [4.69, 9.17) is 19.9 Å². The van der Waals surface area contributed by atoms with Crippen molar-refractivity contribution in [2.75, 3.05) is 26.6 Å². The maximum Gasteiger partial charge on any atom is 0.161 e. The lowest BCUT2D eigenvalue weighted by Crippen LogP contribution is -1.98. The topological polar surface area (TPSA) is 53.7 Å². The molecule has 0 aromatic heterocycles. The highest BCUT2D eigenvalue weighted by Gasteiger charge is 2.11. The van der Waals surface area contributed by atoms with E-state index in [-0.39, 0.29) is 0 Å². The third kappa shape index (κ3) is 3.59. The average Bonchev–Trinajstić information content (AvgIpc) is 2.56. The van der Waals surface area contributed by atoms with E-state index in [1.54, 1.807) is 14.2 Å². The van der Waals surface area contributed by atoms with Crippen LogP contribution in [0.1, 0.15) is 25.0 Å². The van der Waals surface area contributed by atoms with Crippen molar-refractivity contribution in [3.05, 3.63) is 53.6 Å². The third-order valence-corrected chi connectivity index (χ3v) is 3.60. The summed E-state index contributed by atoms with van der Waals surface area (Å²) in [5, 5.41) is 0. The summed E-state index contributed by atoms with van der Waals surface area (Å²) < 4.78 is 16.2. The van der Waals surface area contributed by atoms with Crippen LogP contribution < -0.4 is 19.9 Å². The lowest BCUT2D eigenvalue weighted by Gasteiger charge is -2.14. The van der Waals surface area contributed by atoms with Crippen LogP contribution in [0.5, 0.6) is 17.2 Å². The van der Waals surface area contributed by atoms with Crippen LogP contribution in [0.25, 0.3) is 5.57 Å². The van der Waals surface area contributed by atoms with Gasteiger partial charge in [0.15, 0.2) is 11.5 Å². The molecule has 0 spiro atoms. The molecule has 0 fully saturated rings. The summed E-state index contributed by atoms with van der Waals surface area (Å²) >= 11 is 0. The molecule has 0 saturated heterocycles. The van der Waals surface area contributed by atoms with Crippen molar-refractivity contribution in [3.8, 4) is 17.2 Å². The Morgan fingerprint density at radius 2 is 1.57 bits per heavy atom. The van der Waals surface area contributed by atoms with E-state index < -0.39 is 0 Å². The highest BCUT2D eigenvalue weighted by Crippen LogP contribution is 2.34. The molecule has 0 amide bonds. The van der Waals surface area contributed by atoms with Crippen LogP contribution in [-0.4, -0.2) is 20.8 Å². The molecule has 0 aliphatic carbocycles. The predicted octanol–water partition coefficient (Wildman–Crippen LogP) is 4.14. The number of rotatable bonds is 6. The van der Waals surface area contributed by atoms with Crippen LogP contribution in [-0.2, 0) is 0 Å². The highest BCUT2D eigenvalue weighted by atomic mass is 16.5. The maximum absolute atomic E-state index is 6.03. The molecule has 2 aromatic rings. The molecule has 4 nitrogen and oxygen atoms in total. The molecular formula is C19H23NO3. The zero-order valence-electron chi connectivity index (χ0n) is 14.1. The summed E-state index contributed by atoms with van der Waals surface area (Å²) in [7, 11) is 3.25. The van der Waals surface area contributed by atoms with Crippen LogP contribution in [0.2, 0.25) is 0 Å². The second-order valence-corrected chi connectivity index (χ2v) is 4.96. The van der Waals surface area contributed by atoms with Gasteiger partial charge in [-0.05, 0) is 54.8 Å². The van der Waals surface area contributed by atoms with Crippen molar-refractivity contribution in [2.24, 2.45) is 0 Å². The number of allylic oxidation sites excluding steroid dienone is 1. The lowest BCUT2D eigenvalue weighted by atomic mass is 9.96. The molecule has 0 radical (unpaired) electrons. The number of methoxy groups -OCH3 is 2. The molecule has 0 saturated carbocycles. The Kier molecular flexibility index (Phi) is 5.52. The Morgan fingerprint density at radius 1 is 0.957 bits per heavy atom. The summed E-state index contributed by atoms with van der Waals surface area (Å²) in [6, 6.07) is 11.7. The van der Waals surface area contributed by atoms with Gasteiger partial charge in [-0.3, -0.25) is 0 Å². The van der Waals surface area contributed by atoms with Gasteiger partial charge in [-0.2, -0.15) is 0 Å². The van der Waals surface area contributed by atoms with E-state index in [9.17, 15) is 0 Å². The van der Waals surface area contributed by atoms with Gasteiger partial charge in [0, 0.05) is 0 Å². The number of hydrogen-bond donors (Lipinski definition) is 1. The lowest BCUT2D eigenvalue weighted by molar-refractivity contribution is 0.311. The molecule has 2 aromatic carbocycles. The molecule has 122 valence electrons. The third-order valence-electron chi connectivity index (χ3n) is 3.60. The minimum Gasteiger partial charge on any atom is -0.495 e. The first kappa shape index (κ1) is 16.7. The van der Waals surface area contributed by atoms with Gasteiger partial charge < -0.3 is 19.9 Å². The molecule has 0 aliphatic heterocycles. The van der Waals surface area contributed by atoms with Crippen LogP contribution in [0.3, 0.4) is 0 Å². The van der Waals surface area contributed by atoms with Crippen molar-refractivity contribution in [1.82, 2.24) is 0 Å². The van der Waals surface area contributed by atoms with Crippen LogP contribution >= 0.6 is 0 Å². The van der Waals surface area contributed by atoms with Crippen LogP contribution in [0.4, 0.5) is 5.69 Å². The van der Waals surface area contributed by atoms with E-state index in [2.05, 4.69) is 6.08 Å². The van der Waals surface area contributed by atoms with Crippen molar-refractivity contribution in [3.63, 3.8) is 0 Å². The average molecular weight is 313 g/mol. The molecule has 23 heavy (non-hydrogen) atoms. The summed E-state index contributed by atoms with van der Waals surface area (Å²) in [4.78, 5) is 0. The zero-order chi connectivity index (χ0) is 16.8. The Hall–Kier alpha value is -2.62. The maximum atomic E-state index is 6.03. The molecule has 0 heterocycles. The molecule has 0 bridgehead atoms. The molecule has 4 heteroatoms. The summed E-state index contributed by atoms with van der Waals surface area (Å²) in [6.45, 7) is 4.54. The Labute approximate surface area is 137 Å². The Balaban J connectivity index is 2.45. The minimum absolute atomic E-state index is 0.584. The number of hydrogen-bond acceptors (Lipinski definition) is 4. The quantitative estimate of drug-likeness (QED) is 0.815. The van der Waals surface area contributed by atoms with Gasteiger partial charge in [0.05, 0.1) is 26.5 Å². The number of ether oxygens (including phenoxy) is 3. The van der Waals surface area contributed by atoms with Crippen molar-refractivity contribution in [1.29, 1.82) is 0 Å². The van der Waals surface area contributed by atoms with Gasteiger partial charge in [-0.15, -0.1) is 0 Å². The normalized spacial score (nSPS) is 11.2. The first-order valence-electron chi connectivity index (χ1n) is 7.56. The summed E-state index contributed by atoms with van der Waals surface area (Å²) in [6.07, 6.45) is 2.05. The Morgan fingerprint density at radius 3 is 2.09 bits per heavy atom. The standard InChI is InChI=1S/C19H23NO3/c1-5-15(13-7-9-17(21-3)16(20)11-13)14-8-10-18(22-4)19(12-14)23-6-2/h5,7-12H,6,20H2,1-4H3/b15-5-. The molecular weight excluding hydrogens is 290 g/mol. The number of nitrogen functional groups attached to an aromatic ring is 1. The number of nitrogens with two attached hydrogens (primary N) is 1. The first-order chi connectivity index (χ1) is 11.1. The fraction of sp³-hybridized carbons (Fsp3) is 0.263. The van der Waals surface area contributed by atoms with Gasteiger partial charge in [-0.25, -0.2) is 0 Å². The highest BCUT2D eigenvalue weighted by molar-refractivity contribution is 5.82. The van der Waals surface area contributed by atoms with Gasteiger partial charge in [-0.1, -0.05) is 18.2 Å². The fourth-order valence-electron chi connectivity index (χ4n) is 2.51. The van der Waals surface area contributed by atoms with Gasteiger partial charge in [0.25, 0.3) is 0 Å². The van der Waals surface area contributed by atoms with E-state index in [0.29, 0.717) is 18.0 Å². The first-order valence-corrected chi connectivity index (χ1v) is 7.56. The van der Waals surface area contributed by atoms with Crippen molar-refractivity contribution in [2.45, 2.75) is 13.8 Å².